The predicted molar refractivity (Wildman–Crippen MR) is 133 cm³/mol. The number of nitrogens with two attached hydrogens (primary N) is 1. The highest BCUT2D eigenvalue weighted by Crippen LogP contribution is 2.34. The summed E-state index contributed by atoms with van der Waals surface area (Å²) in [6.07, 6.45) is 12.0. The van der Waals surface area contributed by atoms with E-state index in [4.69, 9.17) is 15.7 Å². The summed E-state index contributed by atoms with van der Waals surface area (Å²) in [4.78, 5) is 26.6. The summed E-state index contributed by atoms with van der Waals surface area (Å²) in [5.41, 5.74) is 10.4. The standard InChI is InChI=1S/C25H28N8O2/c1-2-20-25(29-15-3-6-18(34)9-15)31-22-19(12-27-24(26)23(22)30-20)14-11-28-33(13-14)17-7-8-32(16-4-5-16)21(35)10-17/h7-8,10-13,15-16,18,34H,2-6,9H2,1H3,(H2,26,27)(H,29,31)/t15-,18+/m1/s1. The van der Waals surface area contributed by atoms with Crippen LogP contribution in [0.15, 0.2) is 41.7 Å². The molecule has 0 unspecified atom stereocenters. The van der Waals surface area contributed by atoms with Gasteiger partial charge in [-0.05, 0) is 44.6 Å². The maximum Gasteiger partial charge on any atom is 0.252 e. The van der Waals surface area contributed by atoms with Crippen molar-refractivity contribution in [2.24, 2.45) is 0 Å². The minimum atomic E-state index is -0.279. The van der Waals surface area contributed by atoms with Gasteiger partial charge in [-0.3, -0.25) is 4.79 Å². The number of pyridine rings is 2. The predicted octanol–water partition coefficient (Wildman–Crippen LogP) is 2.84. The zero-order valence-corrected chi connectivity index (χ0v) is 19.6. The van der Waals surface area contributed by atoms with Crippen molar-refractivity contribution in [1.82, 2.24) is 29.3 Å². The Kier molecular flexibility index (Phi) is 5.25. The summed E-state index contributed by atoms with van der Waals surface area (Å²) < 4.78 is 3.47. The first-order chi connectivity index (χ1) is 17.0. The second-order valence-corrected chi connectivity index (χ2v) is 9.47. The molecule has 6 rings (SSSR count). The van der Waals surface area contributed by atoms with Crippen LogP contribution in [-0.2, 0) is 6.42 Å². The molecule has 0 aromatic carbocycles. The summed E-state index contributed by atoms with van der Waals surface area (Å²) in [6.45, 7) is 2.03. The Bertz CT molecular complexity index is 1470. The SMILES string of the molecule is CCc1nc2c(N)ncc(-c3cnn(-c4ccn(C5CC5)c(=O)c4)c3)c2nc1N[C@@H]1CC[C@H](O)C1. The monoisotopic (exact) mass is 472 g/mol. The maximum absolute atomic E-state index is 12.5. The van der Waals surface area contributed by atoms with E-state index in [0.29, 0.717) is 47.2 Å². The Morgan fingerprint density at radius 1 is 1.17 bits per heavy atom. The second kappa shape index (κ2) is 8.46. The highest BCUT2D eigenvalue weighted by Gasteiger charge is 2.25. The lowest BCUT2D eigenvalue weighted by atomic mass is 10.1. The normalized spacial score (nSPS) is 19.9. The van der Waals surface area contributed by atoms with Gasteiger partial charge in [0.25, 0.3) is 5.56 Å². The third-order valence-electron chi connectivity index (χ3n) is 6.91. The number of hydrogen-bond donors (Lipinski definition) is 3. The van der Waals surface area contributed by atoms with Crippen LogP contribution in [0, 0.1) is 0 Å². The first-order valence-corrected chi connectivity index (χ1v) is 12.2. The second-order valence-electron chi connectivity index (χ2n) is 9.47. The molecule has 0 spiro atoms. The van der Waals surface area contributed by atoms with E-state index in [2.05, 4.69) is 15.4 Å². The van der Waals surface area contributed by atoms with E-state index in [9.17, 15) is 9.90 Å². The van der Waals surface area contributed by atoms with Gasteiger partial charge in [-0.2, -0.15) is 5.10 Å². The minimum absolute atomic E-state index is 0.0210. The number of aliphatic hydroxyl groups excluding tert-OH is 1. The van der Waals surface area contributed by atoms with Gasteiger partial charge in [-0.25, -0.2) is 19.6 Å². The molecule has 180 valence electrons. The van der Waals surface area contributed by atoms with Gasteiger partial charge in [0.15, 0.2) is 5.82 Å². The fourth-order valence-corrected chi connectivity index (χ4v) is 4.83. The van der Waals surface area contributed by atoms with Crippen molar-refractivity contribution in [2.45, 2.75) is 63.6 Å². The molecule has 0 radical (unpaired) electrons. The van der Waals surface area contributed by atoms with Crippen LogP contribution < -0.4 is 16.6 Å². The van der Waals surface area contributed by atoms with Crippen molar-refractivity contribution >= 4 is 22.7 Å². The number of rotatable bonds is 6. The Morgan fingerprint density at radius 2 is 2.03 bits per heavy atom. The van der Waals surface area contributed by atoms with E-state index in [1.807, 2.05) is 25.4 Å². The first kappa shape index (κ1) is 21.7. The molecule has 35 heavy (non-hydrogen) atoms. The van der Waals surface area contributed by atoms with Gasteiger partial charge < -0.3 is 20.7 Å². The first-order valence-electron chi connectivity index (χ1n) is 12.2. The van der Waals surface area contributed by atoms with E-state index in [-0.39, 0.29) is 17.7 Å². The third-order valence-corrected chi connectivity index (χ3v) is 6.91. The van der Waals surface area contributed by atoms with Crippen molar-refractivity contribution in [3.05, 3.63) is 53.0 Å². The number of aromatic nitrogens is 6. The van der Waals surface area contributed by atoms with Crippen molar-refractivity contribution in [1.29, 1.82) is 0 Å². The lowest BCUT2D eigenvalue weighted by Gasteiger charge is -2.17. The topological polar surface area (TPSA) is 137 Å². The van der Waals surface area contributed by atoms with Crippen LogP contribution in [0.2, 0.25) is 0 Å². The Hall–Kier alpha value is -3.79. The molecule has 4 heterocycles. The van der Waals surface area contributed by atoms with Gasteiger partial charge in [-0.15, -0.1) is 0 Å². The lowest BCUT2D eigenvalue weighted by molar-refractivity contribution is 0.182. The molecule has 0 amide bonds. The molecular formula is C25H28N8O2. The number of fused-ring (bicyclic) bond motifs is 1. The molecule has 4 aromatic heterocycles. The van der Waals surface area contributed by atoms with Crippen molar-refractivity contribution in [2.75, 3.05) is 11.1 Å². The van der Waals surface area contributed by atoms with Crippen LogP contribution in [0.1, 0.15) is 50.8 Å². The average Bonchev–Trinajstić information content (AvgIpc) is 3.43. The van der Waals surface area contributed by atoms with E-state index in [0.717, 1.165) is 42.5 Å². The van der Waals surface area contributed by atoms with Crippen LogP contribution in [0.5, 0.6) is 0 Å². The highest BCUT2D eigenvalue weighted by atomic mass is 16.3. The molecule has 0 aliphatic heterocycles. The molecule has 2 atom stereocenters. The molecule has 2 fully saturated rings. The Labute approximate surface area is 201 Å². The lowest BCUT2D eigenvalue weighted by Crippen LogP contribution is -2.19. The number of nitrogens with zero attached hydrogens (tertiary/aromatic N) is 6. The average molecular weight is 473 g/mol. The van der Waals surface area contributed by atoms with Crippen LogP contribution in [0.3, 0.4) is 0 Å². The molecule has 10 nitrogen and oxygen atoms in total. The van der Waals surface area contributed by atoms with Gasteiger partial charge in [0, 0.05) is 47.9 Å². The fourth-order valence-electron chi connectivity index (χ4n) is 4.83. The molecule has 4 N–H and O–H groups in total. The minimum Gasteiger partial charge on any atom is -0.393 e. The van der Waals surface area contributed by atoms with Gasteiger partial charge in [0.05, 0.1) is 23.7 Å². The number of anilines is 2. The van der Waals surface area contributed by atoms with Crippen molar-refractivity contribution in [3.8, 4) is 16.8 Å². The summed E-state index contributed by atoms with van der Waals surface area (Å²) in [5, 5.41) is 17.9. The zero-order chi connectivity index (χ0) is 24.1. The molecule has 2 saturated carbocycles. The summed E-state index contributed by atoms with van der Waals surface area (Å²) in [7, 11) is 0. The van der Waals surface area contributed by atoms with Crippen molar-refractivity contribution < 1.29 is 5.11 Å². The Morgan fingerprint density at radius 3 is 2.74 bits per heavy atom. The maximum atomic E-state index is 12.5. The third kappa shape index (κ3) is 4.03. The zero-order valence-electron chi connectivity index (χ0n) is 19.6. The van der Waals surface area contributed by atoms with Crippen LogP contribution >= 0.6 is 0 Å². The molecule has 2 aliphatic carbocycles. The molecular weight excluding hydrogens is 444 g/mol. The quantitative estimate of drug-likeness (QED) is 0.390. The van der Waals surface area contributed by atoms with Gasteiger partial charge >= 0.3 is 0 Å². The number of nitrogens with one attached hydrogen (secondary N) is 1. The number of aryl methyl sites for hydroxylation is 1. The molecule has 2 aliphatic rings. The van der Waals surface area contributed by atoms with Gasteiger partial charge in [-0.1, -0.05) is 6.92 Å². The van der Waals surface area contributed by atoms with Crippen LogP contribution in [0.25, 0.3) is 27.8 Å². The van der Waals surface area contributed by atoms with E-state index >= 15 is 0 Å². The Balaban J connectivity index is 1.39. The van der Waals surface area contributed by atoms with Crippen molar-refractivity contribution in [3.63, 3.8) is 0 Å². The van der Waals surface area contributed by atoms with Crippen LogP contribution in [-0.4, -0.2) is 46.6 Å². The number of aliphatic hydroxyl groups is 1. The van der Waals surface area contributed by atoms with Crippen LogP contribution in [0.4, 0.5) is 11.6 Å². The smallest absolute Gasteiger partial charge is 0.252 e. The summed E-state index contributed by atoms with van der Waals surface area (Å²) >= 11 is 0. The highest BCUT2D eigenvalue weighted by molar-refractivity contribution is 5.96. The largest absolute Gasteiger partial charge is 0.393 e. The molecule has 0 saturated heterocycles. The fraction of sp³-hybridized carbons (Fsp3) is 0.400. The molecule has 0 bridgehead atoms. The van der Waals surface area contributed by atoms with Gasteiger partial charge in [0.2, 0.25) is 0 Å². The number of nitrogen functional groups attached to an aromatic ring is 1. The molecule has 10 heteroatoms. The van der Waals surface area contributed by atoms with E-state index in [1.165, 1.54) is 0 Å². The van der Waals surface area contributed by atoms with E-state index < -0.39 is 0 Å². The number of hydrogen-bond acceptors (Lipinski definition) is 8. The van der Waals surface area contributed by atoms with Gasteiger partial charge in [0.1, 0.15) is 16.9 Å². The van der Waals surface area contributed by atoms with E-state index in [1.54, 1.807) is 27.7 Å². The summed E-state index contributed by atoms with van der Waals surface area (Å²) in [5.74, 6) is 1.03. The summed E-state index contributed by atoms with van der Waals surface area (Å²) in [6, 6.07) is 4.00. The molecule has 4 aromatic rings.